The topological polar surface area (TPSA) is 34.1 Å². The Kier molecular flexibility index (Phi) is 8.76. The summed E-state index contributed by atoms with van der Waals surface area (Å²) in [5.41, 5.74) is -2.07. The molecule has 0 saturated carbocycles. The van der Waals surface area contributed by atoms with Crippen LogP contribution in [0, 0.1) is 29.1 Å². The minimum Gasteiger partial charge on any atom is -0.445 e. The fraction of sp³-hybridized carbons (Fsp3) is 0.278. The number of Topliss-reactive ketones (excluding diaryl/α,β-unsaturated/α-hetero) is 1. The summed E-state index contributed by atoms with van der Waals surface area (Å²) in [6, 6.07) is 9.06. The van der Waals surface area contributed by atoms with E-state index < -0.39 is 51.5 Å². The molecule has 0 spiro atoms. The summed E-state index contributed by atoms with van der Waals surface area (Å²) in [6.07, 6.45) is 0. The molecule has 0 aliphatic rings. The normalized spacial score (nSPS) is 11.7. The molecule has 30 heavy (non-hydrogen) atoms. The molecule has 0 aromatic heterocycles. The van der Waals surface area contributed by atoms with E-state index in [1.807, 2.05) is 32.0 Å². The van der Waals surface area contributed by atoms with Crippen LogP contribution in [0.3, 0.4) is 0 Å². The van der Waals surface area contributed by atoms with Gasteiger partial charge in [0.1, 0.15) is 23.1 Å². The molecule has 0 heterocycles. The number of carbonyl (C=O) groups is 1. The van der Waals surface area contributed by atoms with E-state index in [4.69, 9.17) is 0 Å². The highest BCUT2D eigenvalue weighted by atomic mass is 32.2. The third kappa shape index (κ3) is 6.13. The zero-order valence-electron chi connectivity index (χ0n) is 15.8. The van der Waals surface area contributed by atoms with Crippen LogP contribution in [-0.2, 0) is 14.1 Å². The van der Waals surface area contributed by atoms with Crippen LogP contribution in [0.5, 0.6) is 0 Å². The lowest BCUT2D eigenvalue weighted by molar-refractivity contribution is 0.102. The van der Waals surface area contributed by atoms with Crippen molar-refractivity contribution < 1.29 is 43.9 Å². The second-order valence-electron chi connectivity index (χ2n) is 6.04. The van der Waals surface area contributed by atoms with Crippen molar-refractivity contribution in [2.75, 3.05) is 17.3 Å². The van der Waals surface area contributed by atoms with E-state index in [9.17, 15) is 43.9 Å². The third-order valence-corrected chi connectivity index (χ3v) is 7.01. The lowest BCUT2D eigenvalue weighted by Gasteiger charge is -2.17. The van der Waals surface area contributed by atoms with Gasteiger partial charge in [0.25, 0.3) is 0 Å². The molecular weight excluding hydrogens is 443 g/mol. The van der Waals surface area contributed by atoms with Gasteiger partial charge in [0.05, 0.1) is 9.93 Å². The van der Waals surface area contributed by atoms with Crippen LogP contribution in [0.15, 0.2) is 30.3 Å². The molecule has 0 aliphatic heterocycles. The second kappa shape index (κ2) is 10.2. The molecule has 12 heteroatoms. The Labute approximate surface area is 168 Å². The molecule has 0 bridgehead atoms. The van der Waals surface area contributed by atoms with Gasteiger partial charge in [-0.25, -0.2) is 22.0 Å². The first-order chi connectivity index (χ1) is 13.8. The molecule has 0 fully saturated rings. The van der Waals surface area contributed by atoms with Gasteiger partial charge in [-0.2, -0.15) is 0 Å². The number of benzene rings is 2. The van der Waals surface area contributed by atoms with Crippen molar-refractivity contribution in [2.24, 2.45) is 0 Å². The predicted octanol–water partition coefficient (Wildman–Crippen LogP) is 4.85. The molecule has 2 nitrogen and oxygen atoms in total. The minimum atomic E-state index is -6.30. The van der Waals surface area contributed by atoms with Gasteiger partial charge in [-0.15, -0.1) is 4.21 Å². The van der Waals surface area contributed by atoms with Crippen molar-refractivity contribution in [3.8, 4) is 0 Å². The summed E-state index contributed by atoms with van der Waals surface area (Å²) in [5.74, 6) is -12.2. The zero-order chi connectivity index (χ0) is 23.3. The Bertz CT molecular complexity index is 910. The fourth-order valence-electron chi connectivity index (χ4n) is 2.26. The average Bonchev–Trinajstić information content (AvgIpc) is 2.71. The van der Waals surface area contributed by atoms with Crippen LogP contribution >= 0.6 is 0 Å². The summed E-state index contributed by atoms with van der Waals surface area (Å²) >= 11 is 0. The van der Waals surface area contributed by atoms with E-state index in [0.29, 0.717) is 17.1 Å². The molecule has 0 radical (unpaired) electrons. The van der Waals surface area contributed by atoms with Gasteiger partial charge in [-0.05, 0) is 19.3 Å². The van der Waals surface area contributed by atoms with E-state index in [1.165, 1.54) is 0 Å². The summed E-state index contributed by atoms with van der Waals surface area (Å²) in [6.45, 7) is -2.55. The molecule has 0 amide bonds. The van der Waals surface area contributed by atoms with E-state index in [-0.39, 0.29) is 11.5 Å². The maximum absolute atomic E-state index is 12.5. The summed E-state index contributed by atoms with van der Waals surface area (Å²) < 4.78 is 110. The molecule has 0 N–H and O–H groups in total. The predicted molar refractivity (Wildman–Crippen MR) is 99.7 cm³/mol. The fourth-order valence-corrected chi connectivity index (χ4v) is 3.72. The van der Waals surface area contributed by atoms with Crippen LogP contribution in [0.1, 0.15) is 24.2 Å². The molecule has 2 aromatic carbocycles. The summed E-state index contributed by atoms with van der Waals surface area (Å²) in [5, 5.41) is 0. The highest BCUT2D eigenvalue weighted by molar-refractivity contribution is 8.03. The van der Waals surface area contributed by atoms with Crippen molar-refractivity contribution in [1.29, 1.82) is 0 Å². The largest absolute Gasteiger partial charge is 0.515 e. The number of hydrogen-bond acceptors (Lipinski definition) is 2. The summed E-state index contributed by atoms with van der Waals surface area (Å²) in [4.78, 5) is 11.8. The van der Waals surface area contributed by atoms with Gasteiger partial charge in [0, 0.05) is 5.56 Å². The Morgan fingerprint density at radius 1 is 0.800 bits per heavy atom. The standard InChI is InChI=1S/C12H17O2S.C6BF8/c1-3-15(14,4-2)10-12(13)11-8-6-5-7-9-11;8-2-1(7(13,14)15)3(9)5(11)6(12)4(2)10/h5-9H,3-4,10H2,1-2H3;/q+1;-1. The number of ketones is 1. The van der Waals surface area contributed by atoms with Crippen LogP contribution in [0.4, 0.5) is 34.9 Å². The van der Waals surface area contributed by atoms with Crippen LogP contribution in [0.25, 0.3) is 0 Å². The zero-order valence-corrected chi connectivity index (χ0v) is 16.7. The number of hydrogen-bond donors (Lipinski definition) is 0. The molecule has 0 aliphatic carbocycles. The maximum Gasteiger partial charge on any atom is 0.515 e. The van der Waals surface area contributed by atoms with Crippen LogP contribution in [-0.4, -0.2) is 30.0 Å². The number of rotatable bonds is 6. The van der Waals surface area contributed by atoms with Crippen molar-refractivity contribution in [2.45, 2.75) is 13.8 Å². The second-order valence-corrected chi connectivity index (χ2v) is 9.41. The van der Waals surface area contributed by atoms with Crippen molar-refractivity contribution in [1.82, 2.24) is 0 Å². The third-order valence-electron chi connectivity index (χ3n) is 4.11. The maximum atomic E-state index is 12.5. The Hall–Kier alpha value is -2.24. The van der Waals surface area contributed by atoms with Gasteiger partial charge in [0.2, 0.25) is 5.78 Å². The monoisotopic (exact) mass is 460 g/mol. The number of carbonyl (C=O) groups excluding carboxylic acids is 1. The lowest BCUT2D eigenvalue weighted by Crippen LogP contribution is -2.41. The highest BCUT2D eigenvalue weighted by Crippen LogP contribution is 2.21. The van der Waals surface area contributed by atoms with Crippen LogP contribution in [0.2, 0.25) is 0 Å². The van der Waals surface area contributed by atoms with Crippen molar-refractivity contribution in [3.05, 3.63) is 65.0 Å². The van der Waals surface area contributed by atoms with E-state index in [1.54, 1.807) is 12.1 Å². The van der Waals surface area contributed by atoms with E-state index in [0.717, 1.165) is 0 Å². The molecule has 2 aromatic rings. The van der Waals surface area contributed by atoms with E-state index >= 15 is 0 Å². The van der Waals surface area contributed by atoms with Gasteiger partial charge in [-0.1, -0.05) is 30.3 Å². The first-order valence-electron chi connectivity index (χ1n) is 8.55. The van der Waals surface area contributed by atoms with Crippen molar-refractivity contribution >= 4 is 28.2 Å². The molecule has 0 unspecified atom stereocenters. The Balaban J connectivity index is 0.000000300. The first-order valence-corrected chi connectivity index (χ1v) is 10.6. The lowest BCUT2D eigenvalue weighted by atomic mass is 9.79. The number of halogens is 8. The Morgan fingerprint density at radius 3 is 1.57 bits per heavy atom. The Morgan fingerprint density at radius 2 is 1.20 bits per heavy atom. The molecular formula is C18H17BF8O2S. The van der Waals surface area contributed by atoms with Gasteiger partial charge >= 0.3 is 6.98 Å². The minimum absolute atomic E-state index is 0.00991. The van der Waals surface area contributed by atoms with Crippen molar-refractivity contribution in [3.63, 3.8) is 0 Å². The highest BCUT2D eigenvalue weighted by Gasteiger charge is 2.37. The molecule has 2 rings (SSSR count). The molecule has 0 atom stereocenters. The van der Waals surface area contributed by atoms with Gasteiger partial charge < -0.3 is 12.9 Å². The molecule has 0 saturated heterocycles. The van der Waals surface area contributed by atoms with Crippen LogP contribution < -0.4 is 5.46 Å². The van der Waals surface area contributed by atoms with E-state index in [2.05, 4.69) is 0 Å². The first kappa shape index (κ1) is 25.8. The van der Waals surface area contributed by atoms with Gasteiger partial charge in [0.15, 0.2) is 23.2 Å². The SMILES string of the molecule is CC[S+](=O)(CC)CC(=O)c1ccccc1.Fc1c(F)c(F)c([B-](F)(F)F)c(F)c1F. The summed E-state index contributed by atoms with van der Waals surface area (Å²) in [7, 11) is -1.96. The van der Waals surface area contributed by atoms with Gasteiger partial charge in [-0.3, -0.25) is 4.79 Å². The quantitative estimate of drug-likeness (QED) is 0.154. The average molecular weight is 460 g/mol. The smallest absolute Gasteiger partial charge is 0.445 e. The molecule has 166 valence electrons.